The standard InChI is InChI=1S/C22H30N4O3S/c1-16-5-10-20(17(2)13-16)21-15-26(11-12-29-21)22(23-3)25-14-18-6-8-19(9-7-18)30(27,28)24-4/h5-10,13,21,24H,11-12,14-15H2,1-4H3,(H,23,25). The number of sulfonamides is 1. The molecule has 1 fully saturated rings. The molecule has 0 bridgehead atoms. The van der Waals surface area contributed by atoms with Crippen molar-refractivity contribution in [2.24, 2.45) is 4.99 Å². The zero-order valence-electron chi connectivity index (χ0n) is 18.0. The van der Waals surface area contributed by atoms with Gasteiger partial charge < -0.3 is 15.0 Å². The molecule has 0 spiro atoms. The second-order valence-electron chi connectivity index (χ2n) is 7.42. The Bertz CT molecular complexity index is 1000. The molecule has 1 heterocycles. The summed E-state index contributed by atoms with van der Waals surface area (Å²) in [6.45, 7) is 6.89. The quantitative estimate of drug-likeness (QED) is 0.562. The number of nitrogens with zero attached hydrogens (tertiary/aromatic N) is 2. The third-order valence-corrected chi connectivity index (χ3v) is 6.73. The molecule has 1 aliphatic heterocycles. The summed E-state index contributed by atoms with van der Waals surface area (Å²) in [5, 5.41) is 3.38. The first kappa shape index (κ1) is 22.3. The fraction of sp³-hybridized carbons (Fsp3) is 0.409. The molecule has 1 unspecified atom stereocenters. The van der Waals surface area contributed by atoms with Crippen LogP contribution in [0.25, 0.3) is 0 Å². The molecular weight excluding hydrogens is 400 g/mol. The lowest BCUT2D eigenvalue weighted by Crippen LogP contribution is -2.48. The molecule has 0 aromatic heterocycles. The third kappa shape index (κ3) is 5.19. The van der Waals surface area contributed by atoms with Crippen LogP contribution >= 0.6 is 0 Å². The van der Waals surface area contributed by atoms with Crippen LogP contribution in [0, 0.1) is 13.8 Å². The number of ether oxygens (including phenoxy) is 1. The van der Waals surface area contributed by atoms with Crippen LogP contribution in [-0.4, -0.2) is 53.1 Å². The van der Waals surface area contributed by atoms with Crippen LogP contribution in [0.3, 0.4) is 0 Å². The van der Waals surface area contributed by atoms with Crippen molar-refractivity contribution in [3.8, 4) is 0 Å². The van der Waals surface area contributed by atoms with Crippen LogP contribution in [0.2, 0.25) is 0 Å². The third-order valence-electron chi connectivity index (χ3n) is 5.30. The summed E-state index contributed by atoms with van der Waals surface area (Å²) < 4.78 is 32.1. The molecule has 7 nitrogen and oxygen atoms in total. The summed E-state index contributed by atoms with van der Waals surface area (Å²) in [7, 11) is -0.247. The molecule has 2 aromatic carbocycles. The lowest BCUT2D eigenvalue weighted by atomic mass is 10.00. The molecular formula is C22H30N4O3S. The average Bonchev–Trinajstić information content (AvgIpc) is 2.75. The summed E-state index contributed by atoms with van der Waals surface area (Å²) in [5.74, 6) is 0.806. The van der Waals surface area contributed by atoms with Crippen LogP contribution in [0.15, 0.2) is 52.4 Å². The van der Waals surface area contributed by atoms with Gasteiger partial charge in [-0.05, 0) is 49.7 Å². The van der Waals surface area contributed by atoms with Crippen molar-refractivity contribution in [3.05, 3.63) is 64.7 Å². The molecule has 0 aliphatic carbocycles. The number of aryl methyl sites for hydroxylation is 2. The SMILES string of the molecule is CN=C(NCc1ccc(S(=O)(=O)NC)cc1)N1CCOC(c2ccc(C)cc2C)C1. The number of nitrogens with one attached hydrogen (secondary N) is 2. The van der Waals surface area contributed by atoms with Crippen LogP contribution < -0.4 is 10.0 Å². The Balaban J connectivity index is 1.64. The van der Waals surface area contributed by atoms with Gasteiger partial charge in [0.25, 0.3) is 0 Å². The van der Waals surface area contributed by atoms with Crippen LogP contribution in [-0.2, 0) is 21.3 Å². The fourth-order valence-corrected chi connectivity index (χ4v) is 4.36. The first-order valence-corrected chi connectivity index (χ1v) is 11.5. The van der Waals surface area contributed by atoms with Gasteiger partial charge in [0.05, 0.1) is 18.0 Å². The Hall–Kier alpha value is -2.42. The molecule has 1 saturated heterocycles. The number of guanidine groups is 1. The maximum Gasteiger partial charge on any atom is 0.240 e. The van der Waals surface area contributed by atoms with Crippen LogP contribution in [0.5, 0.6) is 0 Å². The number of morpholine rings is 1. The number of rotatable bonds is 5. The molecule has 30 heavy (non-hydrogen) atoms. The molecule has 1 atom stereocenters. The van der Waals surface area contributed by atoms with Crippen LogP contribution in [0.1, 0.15) is 28.4 Å². The Morgan fingerprint density at radius 2 is 1.93 bits per heavy atom. The normalized spacial score (nSPS) is 17.8. The Labute approximate surface area is 179 Å². The van der Waals surface area contributed by atoms with Crippen molar-refractivity contribution in [2.45, 2.75) is 31.4 Å². The average molecular weight is 431 g/mol. The summed E-state index contributed by atoms with van der Waals surface area (Å²) >= 11 is 0. The van der Waals surface area contributed by atoms with E-state index in [1.54, 1.807) is 19.2 Å². The van der Waals surface area contributed by atoms with Gasteiger partial charge in [0.1, 0.15) is 6.10 Å². The van der Waals surface area contributed by atoms with Gasteiger partial charge in [0, 0.05) is 20.1 Å². The van der Waals surface area contributed by atoms with E-state index >= 15 is 0 Å². The van der Waals surface area contributed by atoms with Crippen molar-refractivity contribution in [3.63, 3.8) is 0 Å². The largest absolute Gasteiger partial charge is 0.370 e. The number of benzene rings is 2. The maximum absolute atomic E-state index is 11.9. The second kappa shape index (κ2) is 9.59. The highest BCUT2D eigenvalue weighted by molar-refractivity contribution is 7.89. The van der Waals surface area contributed by atoms with Crippen molar-refractivity contribution >= 4 is 16.0 Å². The van der Waals surface area contributed by atoms with E-state index in [1.807, 2.05) is 12.1 Å². The van der Waals surface area contributed by atoms with Crippen LogP contribution in [0.4, 0.5) is 0 Å². The van der Waals surface area contributed by atoms with E-state index in [9.17, 15) is 8.42 Å². The molecule has 0 amide bonds. The summed E-state index contributed by atoms with van der Waals surface area (Å²) in [5.41, 5.74) is 4.67. The van der Waals surface area contributed by atoms with Crippen molar-refractivity contribution in [1.29, 1.82) is 0 Å². The van der Waals surface area contributed by atoms with Gasteiger partial charge >= 0.3 is 0 Å². The first-order valence-electron chi connectivity index (χ1n) is 10.0. The predicted molar refractivity (Wildman–Crippen MR) is 119 cm³/mol. The minimum atomic E-state index is -3.42. The lowest BCUT2D eigenvalue weighted by Gasteiger charge is -2.36. The topological polar surface area (TPSA) is 83.0 Å². The lowest BCUT2D eigenvalue weighted by molar-refractivity contribution is -0.00834. The highest BCUT2D eigenvalue weighted by Crippen LogP contribution is 2.26. The van der Waals surface area contributed by atoms with E-state index in [4.69, 9.17) is 4.74 Å². The van der Waals surface area contributed by atoms with E-state index in [0.29, 0.717) is 13.2 Å². The van der Waals surface area contributed by atoms with E-state index in [0.717, 1.165) is 24.6 Å². The molecule has 2 aromatic rings. The molecule has 0 radical (unpaired) electrons. The highest BCUT2D eigenvalue weighted by Gasteiger charge is 2.25. The number of hydrogen-bond donors (Lipinski definition) is 2. The molecule has 0 saturated carbocycles. The van der Waals surface area contributed by atoms with Gasteiger partial charge in [-0.15, -0.1) is 0 Å². The van der Waals surface area contributed by atoms with Gasteiger partial charge in [0.2, 0.25) is 10.0 Å². The number of aliphatic imine (C=N–C) groups is 1. The van der Waals surface area contributed by atoms with Crippen molar-refractivity contribution < 1.29 is 13.2 Å². The molecule has 3 rings (SSSR count). The molecule has 162 valence electrons. The van der Waals surface area contributed by atoms with Crippen molar-refractivity contribution in [2.75, 3.05) is 33.8 Å². The smallest absolute Gasteiger partial charge is 0.240 e. The van der Waals surface area contributed by atoms with Gasteiger partial charge in [-0.3, -0.25) is 4.99 Å². The Morgan fingerprint density at radius 3 is 2.57 bits per heavy atom. The Kier molecular flexibility index (Phi) is 7.12. The van der Waals surface area contributed by atoms with E-state index in [-0.39, 0.29) is 11.0 Å². The zero-order chi connectivity index (χ0) is 21.7. The minimum absolute atomic E-state index is 0.00364. The summed E-state index contributed by atoms with van der Waals surface area (Å²) in [4.78, 5) is 6.89. The molecule has 2 N–H and O–H groups in total. The van der Waals surface area contributed by atoms with E-state index in [1.165, 1.54) is 23.7 Å². The van der Waals surface area contributed by atoms with E-state index in [2.05, 4.69) is 52.0 Å². The highest BCUT2D eigenvalue weighted by atomic mass is 32.2. The number of hydrogen-bond acceptors (Lipinski definition) is 4. The first-order chi connectivity index (χ1) is 14.3. The van der Waals surface area contributed by atoms with Gasteiger partial charge in [-0.2, -0.15) is 0 Å². The van der Waals surface area contributed by atoms with Gasteiger partial charge in [-0.1, -0.05) is 35.9 Å². The van der Waals surface area contributed by atoms with Gasteiger partial charge in [0.15, 0.2) is 5.96 Å². The maximum atomic E-state index is 11.9. The second-order valence-corrected chi connectivity index (χ2v) is 9.30. The predicted octanol–water partition coefficient (Wildman–Crippen LogP) is 2.36. The fourth-order valence-electron chi connectivity index (χ4n) is 3.63. The molecule has 1 aliphatic rings. The summed E-state index contributed by atoms with van der Waals surface area (Å²) in [6.07, 6.45) is 0.00364. The minimum Gasteiger partial charge on any atom is -0.370 e. The monoisotopic (exact) mass is 430 g/mol. The van der Waals surface area contributed by atoms with Crippen molar-refractivity contribution in [1.82, 2.24) is 14.9 Å². The summed E-state index contributed by atoms with van der Waals surface area (Å²) in [6, 6.07) is 13.3. The zero-order valence-corrected chi connectivity index (χ0v) is 18.8. The van der Waals surface area contributed by atoms with Gasteiger partial charge in [-0.25, -0.2) is 13.1 Å². The Morgan fingerprint density at radius 1 is 1.20 bits per heavy atom. The molecule has 8 heteroatoms. The van der Waals surface area contributed by atoms with E-state index < -0.39 is 10.0 Å².